The van der Waals surface area contributed by atoms with Gasteiger partial charge in [-0.05, 0) is 6.92 Å². The van der Waals surface area contributed by atoms with Crippen molar-refractivity contribution in [1.29, 1.82) is 0 Å². The van der Waals surface area contributed by atoms with Gasteiger partial charge in [-0.1, -0.05) is 6.08 Å². The SMILES string of the molecule is C=CCc1c(C(N)=O)c(C)nn1C. The summed E-state index contributed by atoms with van der Waals surface area (Å²) in [6.45, 7) is 5.38. The second-order valence-electron chi connectivity index (χ2n) is 2.89. The second-order valence-corrected chi connectivity index (χ2v) is 2.89. The van der Waals surface area contributed by atoms with Crippen LogP contribution in [0.5, 0.6) is 0 Å². The third-order valence-electron chi connectivity index (χ3n) is 1.93. The first-order valence-corrected chi connectivity index (χ1v) is 4.01. The van der Waals surface area contributed by atoms with Crippen LogP contribution in [0.3, 0.4) is 0 Å². The molecule has 0 aliphatic heterocycles. The number of nitrogens with two attached hydrogens (primary N) is 1. The van der Waals surface area contributed by atoms with Crippen LogP contribution in [0.25, 0.3) is 0 Å². The third kappa shape index (κ3) is 1.61. The molecule has 70 valence electrons. The maximum Gasteiger partial charge on any atom is 0.252 e. The number of rotatable bonds is 3. The summed E-state index contributed by atoms with van der Waals surface area (Å²) in [7, 11) is 1.79. The monoisotopic (exact) mass is 179 g/mol. The summed E-state index contributed by atoms with van der Waals surface area (Å²) in [4.78, 5) is 11.1. The minimum atomic E-state index is -0.428. The number of aromatic nitrogens is 2. The molecule has 0 spiro atoms. The lowest BCUT2D eigenvalue weighted by atomic mass is 10.1. The molecule has 0 aromatic carbocycles. The van der Waals surface area contributed by atoms with Crippen LogP contribution in [-0.4, -0.2) is 15.7 Å². The summed E-state index contributed by atoms with van der Waals surface area (Å²) in [5.41, 5.74) is 7.24. The van der Waals surface area contributed by atoms with E-state index in [-0.39, 0.29) is 0 Å². The van der Waals surface area contributed by atoms with E-state index in [0.29, 0.717) is 17.7 Å². The number of hydrogen-bond donors (Lipinski definition) is 1. The average Bonchev–Trinajstić information content (AvgIpc) is 2.27. The van der Waals surface area contributed by atoms with Crippen LogP contribution in [0.1, 0.15) is 21.7 Å². The number of carbonyl (C=O) groups excluding carboxylic acids is 1. The molecular formula is C9H13N3O. The van der Waals surface area contributed by atoms with Crippen molar-refractivity contribution < 1.29 is 4.79 Å². The van der Waals surface area contributed by atoms with Gasteiger partial charge in [-0.15, -0.1) is 6.58 Å². The Labute approximate surface area is 77.0 Å². The van der Waals surface area contributed by atoms with Crippen molar-refractivity contribution in [2.75, 3.05) is 0 Å². The molecule has 0 fully saturated rings. The van der Waals surface area contributed by atoms with Gasteiger partial charge in [-0.2, -0.15) is 5.10 Å². The summed E-state index contributed by atoms with van der Waals surface area (Å²) in [6.07, 6.45) is 2.33. The molecule has 2 N–H and O–H groups in total. The average molecular weight is 179 g/mol. The summed E-state index contributed by atoms with van der Waals surface area (Å²) in [6, 6.07) is 0. The Morgan fingerprint density at radius 2 is 2.38 bits per heavy atom. The lowest BCUT2D eigenvalue weighted by Gasteiger charge is -1.99. The van der Waals surface area contributed by atoms with Crippen molar-refractivity contribution in [3.8, 4) is 0 Å². The number of amides is 1. The molecule has 1 heterocycles. The van der Waals surface area contributed by atoms with Crippen LogP contribution in [0.2, 0.25) is 0 Å². The van der Waals surface area contributed by atoms with E-state index in [2.05, 4.69) is 11.7 Å². The van der Waals surface area contributed by atoms with Gasteiger partial charge >= 0.3 is 0 Å². The Balaban J connectivity index is 3.28. The van der Waals surface area contributed by atoms with Crippen molar-refractivity contribution >= 4 is 5.91 Å². The number of aryl methyl sites for hydroxylation is 2. The van der Waals surface area contributed by atoms with Gasteiger partial charge in [0, 0.05) is 13.5 Å². The Bertz CT molecular complexity index is 352. The van der Waals surface area contributed by atoms with Gasteiger partial charge in [0.1, 0.15) is 0 Å². The molecule has 1 aromatic rings. The lowest BCUT2D eigenvalue weighted by molar-refractivity contribution is 0.0999. The Kier molecular flexibility index (Phi) is 2.51. The van der Waals surface area contributed by atoms with E-state index in [1.807, 2.05) is 0 Å². The molecule has 4 heteroatoms. The van der Waals surface area contributed by atoms with Crippen molar-refractivity contribution in [3.05, 3.63) is 29.6 Å². The molecular weight excluding hydrogens is 166 g/mol. The Morgan fingerprint density at radius 1 is 1.77 bits per heavy atom. The number of allylic oxidation sites excluding steroid dienone is 1. The largest absolute Gasteiger partial charge is 0.365 e. The number of primary amides is 1. The standard InChI is InChI=1S/C9H13N3O/c1-4-5-7-8(9(10)13)6(2)11-12(7)3/h4H,1,5H2,2-3H3,(H2,10,13). The maximum absolute atomic E-state index is 11.1. The highest BCUT2D eigenvalue weighted by Crippen LogP contribution is 2.12. The third-order valence-corrected chi connectivity index (χ3v) is 1.93. The Morgan fingerprint density at radius 3 is 2.85 bits per heavy atom. The van der Waals surface area contributed by atoms with E-state index in [9.17, 15) is 4.79 Å². The molecule has 0 saturated heterocycles. The number of nitrogens with zero attached hydrogens (tertiary/aromatic N) is 2. The van der Waals surface area contributed by atoms with Gasteiger partial charge in [-0.25, -0.2) is 0 Å². The van der Waals surface area contributed by atoms with E-state index in [4.69, 9.17) is 5.73 Å². The quantitative estimate of drug-likeness (QED) is 0.689. The van der Waals surface area contributed by atoms with Crippen LogP contribution < -0.4 is 5.73 Å². The molecule has 1 rings (SSSR count). The fourth-order valence-electron chi connectivity index (χ4n) is 1.40. The van der Waals surface area contributed by atoms with Crippen LogP contribution in [0.15, 0.2) is 12.7 Å². The molecule has 0 saturated carbocycles. The zero-order valence-corrected chi connectivity index (χ0v) is 7.87. The molecule has 0 aliphatic carbocycles. The van der Waals surface area contributed by atoms with Gasteiger partial charge in [0.25, 0.3) is 5.91 Å². The van der Waals surface area contributed by atoms with E-state index in [1.165, 1.54) is 0 Å². The minimum Gasteiger partial charge on any atom is -0.365 e. The second kappa shape index (κ2) is 3.43. The molecule has 0 radical (unpaired) electrons. The predicted molar refractivity (Wildman–Crippen MR) is 50.4 cm³/mol. The van der Waals surface area contributed by atoms with Gasteiger partial charge in [0.15, 0.2) is 0 Å². The zero-order valence-electron chi connectivity index (χ0n) is 7.87. The van der Waals surface area contributed by atoms with E-state index < -0.39 is 5.91 Å². The number of carbonyl (C=O) groups is 1. The highest BCUT2D eigenvalue weighted by Gasteiger charge is 2.15. The molecule has 4 nitrogen and oxygen atoms in total. The highest BCUT2D eigenvalue weighted by atomic mass is 16.1. The topological polar surface area (TPSA) is 60.9 Å². The fraction of sp³-hybridized carbons (Fsp3) is 0.333. The van der Waals surface area contributed by atoms with E-state index in [1.54, 1.807) is 24.7 Å². The number of hydrogen-bond acceptors (Lipinski definition) is 2. The summed E-state index contributed by atoms with van der Waals surface area (Å²) < 4.78 is 1.66. The minimum absolute atomic E-state index is 0.428. The summed E-state index contributed by atoms with van der Waals surface area (Å²) in [5.74, 6) is -0.428. The first-order valence-electron chi connectivity index (χ1n) is 4.01. The van der Waals surface area contributed by atoms with E-state index >= 15 is 0 Å². The smallest absolute Gasteiger partial charge is 0.252 e. The molecule has 1 aromatic heterocycles. The van der Waals surface area contributed by atoms with Gasteiger partial charge in [-0.3, -0.25) is 9.48 Å². The van der Waals surface area contributed by atoms with Gasteiger partial charge in [0.2, 0.25) is 0 Å². The van der Waals surface area contributed by atoms with Gasteiger partial charge < -0.3 is 5.73 Å². The lowest BCUT2D eigenvalue weighted by Crippen LogP contribution is -2.14. The summed E-state index contributed by atoms with van der Waals surface area (Å²) in [5, 5.41) is 4.12. The van der Waals surface area contributed by atoms with Crippen molar-refractivity contribution in [1.82, 2.24) is 9.78 Å². The molecule has 0 bridgehead atoms. The molecule has 0 aliphatic rings. The molecule has 13 heavy (non-hydrogen) atoms. The van der Waals surface area contributed by atoms with Crippen LogP contribution in [0.4, 0.5) is 0 Å². The molecule has 0 atom stereocenters. The van der Waals surface area contributed by atoms with Crippen molar-refractivity contribution in [2.24, 2.45) is 12.8 Å². The predicted octanol–water partition coefficient (Wildman–Crippen LogP) is 0.556. The highest BCUT2D eigenvalue weighted by molar-refractivity contribution is 5.95. The van der Waals surface area contributed by atoms with Crippen molar-refractivity contribution in [2.45, 2.75) is 13.3 Å². The first kappa shape index (κ1) is 9.51. The van der Waals surface area contributed by atoms with Gasteiger partial charge in [0.05, 0.1) is 17.0 Å². The van der Waals surface area contributed by atoms with E-state index in [0.717, 1.165) is 5.69 Å². The van der Waals surface area contributed by atoms with Crippen molar-refractivity contribution in [3.63, 3.8) is 0 Å². The fourth-order valence-corrected chi connectivity index (χ4v) is 1.40. The normalized spacial score (nSPS) is 10.0. The summed E-state index contributed by atoms with van der Waals surface area (Å²) >= 11 is 0. The molecule has 0 unspecified atom stereocenters. The zero-order chi connectivity index (χ0) is 10.0. The van der Waals surface area contributed by atoms with Crippen LogP contribution in [0, 0.1) is 6.92 Å². The first-order chi connectivity index (χ1) is 6.07. The van der Waals surface area contributed by atoms with Crippen LogP contribution in [-0.2, 0) is 13.5 Å². The maximum atomic E-state index is 11.1. The molecule has 1 amide bonds. The van der Waals surface area contributed by atoms with Crippen LogP contribution >= 0.6 is 0 Å². The Hall–Kier alpha value is -1.58.